The Morgan fingerprint density at radius 1 is 1.21 bits per heavy atom. The Morgan fingerprint density at radius 3 is 2.86 bits per heavy atom. The Morgan fingerprint density at radius 2 is 2.04 bits per heavy atom. The van der Waals surface area contributed by atoms with Crippen LogP contribution in [0, 0.1) is 0 Å². The van der Waals surface area contributed by atoms with Gasteiger partial charge in [-0.2, -0.15) is 0 Å². The van der Waals surface area contributed by atoms with E-state index >= 15 is 0 Å². The van der Waals surface area contributed by atoms with Crippen LogP contribution in [0.15, 0.2) is 59.6 Å². The average molecular weight is 415 g/mol. The molecule has 0 radical (unpaired) electrons. The minimum atomic E-state index is 0.0448. The Hall–Kier alpha value is -1.95. The lowest BCUT2D eigenvalue weighted by molar-refractivity contribution is -0.119. The second-order valence-corrected chi connectivity index (χ2v) is 8.38. The van der Waals surface area contributed by atoms with Crippen LogP contribution in [0.1, 0.15) is 18.4 Å². The summed E-state index contributed by atoms with van der Waals surface area (Å²) in [6, 6.07) is 16.2. The van der Waals surface area contributed by atoms with Crippen LogP contribution >= 0.6 is 23.4 Å². The minimum absolute atomic E-state index is 0.0448. The number of benzene rings is 2. The number of halogens is 1. The summed E-state index contributed by atoms with van der Waals surface area (Å²) in [7, 11) is 0. The first kappa shape index (κ1) is 19.4. The summed E-state index contributed by atoms with van der Waals surface area (Å²) < 4.78 is 7.76. The van der Waals surface area contributed by atoms with Crippen LogP contribution in [0.4, 0.5) is 0 Å². The van der Waals surface area contributed by atoms with Crippen LogP contribution in [0.25, 0.3) is 10.9 Å². The van der Waals surface area contributed by atoms with E-state index < -0.39 is 0 Å². The highest BCUT2D eigenvalue weighted by molar-refractivity contribution is 8.00. The number of amides is 1. The quantitative estimate of drug-likeness (QED) is 0.568. The zero-order valence-electron chi connectivity index (χ0n) is 15.6. The van der Waals surface area contributed by atoms with Gasteiger partial charge in [-0.25, -0.2) is 0 Å². The van der Waals surface area contributed by atoms with Gasteiger partial charge in [-0.05, 0) is 30.5 Å². The van der Waals surface area contributed by atoms with Crippen LogP contribution in [-0.2, 0) is 16.1 Å². The highest BCUT2D eigenvalue weighted by Crippen LogP contribution is 2.31. The maximum Gasteiger partial charge on any atom is 0.230 e. The number of fused-ring (bicyclic) bond motifs is 1. The Kier molecular flexibility index (Phi) is 6.25. The first-order valence-corrected chi connectivity index (χ1v) is 10.9. The summed E-state index contributed by atoms with van der Waals surface area (Å²) in [6.45, 7) is 2.11. The molecule has 0 saturated carbocycles. The monoisotopic (exact) mass is 414 g/mol. The molecule has 3 aromatic rings. The molecule has 4 rings (SSSR count). The second kappa shape index (κ2) is 9.03. The molecule has 1 N–H and O–H groups in total. The van der Waals surface area contributed by atoms with Gasteiger partial charge in [0.25, 0.3) is 0 Å². The number of aromatic nitrogens is 1. The predicted octanol–water partition coefficient (Wildman–Crippen LogP) is 4.73. The molecular weight excluding hydrogens is 392 g/mol. The van der Waals surface area contributed by atoms with E-state index in [4.69, 9.17) is 16.3 Å². The van der Waals surface area contributed by atoms with E-state index in [1.165, 1.54) is 0 Å². The third-order valence-electron chi connectivity index (χ3n) is 4.96. The number of thioether (sulfide) groups is 1. The van der Waals surface area contributed by atoms with E-state index in [0.717, 1.165) is 45.8 Å². The summed E-state index contributed by atoms with van der Waals surface area (Å²) >= 11 is 7.91. The number of ether oxygens (including phenoxy) is 1. The third-order valence-corrected chi connectivity index (χ3v) is 6.37. The molecule has 2 aromatic carbocycles. The molecule has 1 saturated heterocycles. The fourth-order valence-electron chi connectivity index (χ4n) is 3.50. The fourth-order valence-corrected chi connectivity index (χ4v) is 4.61. The average Bonchev–Trinajstić information content (AvgIpc) is 3.35. The highest BCUT2D eigenvalue weighted by atomic mass is 35.5. The van der Waals surface area contributed by atoms with Crippen molar-refractivity contribution in [3.05, 3.63) is 65.3 Å². The molecule has 1 fully saturated rings. The van der Waals surface area contributed by atoms with Gasteiger partial charge in [-0.1, -0.05) is 48.0 Å². The summed E-state index contributed by atoms with van der Waals surface area (Å²) in [5, 5.41) is 4.91. The molecule has 1 aliphatic heterocycles. The number of para-hydroxylation sites is 1. The van der Waals surface area contributed by atoms with Gasteiger partial charge in [0.2, 0.25) is 5.91 Å². The smallest absolute Gasteiger partial charge is 0.230 e. The molecule has 0 spiro atoms. The van der Waals surface area contributed by atoms with Crippen LogP contribution < -0.4 is 5.32 Å². The molecular formula is C22H23ClN2O2S. The molecule has 1 aromatic heterocycles. The lowest BCUT2D eigenvalue weighted by atomic mass is 10.2. The van der Waals surface area contributed by atoms with Crippen LogP contribution in [-0.4, -0.2) is 35.5 Å². The van der Waals surface area contributed by atoms with Gasteiger partial charge in [0.05, 0.1) is 11.9 Å². The van der Waals surface area contributed by atoms with Gasteiger partial charge < -0.3 is 14.6 Å². The van der Waals surface area contributed by atoms with Crippen LogP contribution in [0.3, 0.4) is 0 Å². The van der Waals surface area contributed by atoms with Crippen molar-refractivity contribution in [3.63, 3.8) is 0 Å². The predicted molar refractivity (Wildman–Crippen MR) is 115 cm³/mol. The Bertz CT molecular complexity index is 966. The van der Waals surface area contributed by atoms with Crippen molar-refractivity contribution in [3.8, 4) is 0 Å². The van der Waals surface area contributed by atoms with Crippen molar-refractivity contribution in [2.45, 2.75) is 30.4 Å². The molecule has 1 aliphatic rings. The van der Waals surface area contributed by atoms with E-state index in [1.54, 1.807) is 11.8 Å². The third kappa shape index (κ3) is 4.54. The largest absolute Gasteiger partial charge is 0.376 e. The number of nitrogens with one attached hydrogen (secondary N) is 1. The summed E-state index contributed by atoms with van der Waals surface area (Å²) in [4.78, 5) is 13.3. The van der Waals surface area contributed by atoms with Crippen molar-refractivity contribution in [1.82, 2.24) is 9.88 Å². The molecule has 6 heteroatoms. The van der Waals surface area contributed by atoms with E-state index in [2.05, 4.69) is 28.2 Å². The van der Waals surface area contributed by atoms with Crippen molar-refractivity contribution >= 4 is 40.2 Å². The lowest BCUT2D eigenvalue weighted by Crippen LogP contribution is -2.32. The number of hydrogen-bond acceptors (Lipinski definition) is 3. The zero-order valence-corrected chi connectivity index (χ0v) is 17.1. The van der Waals surface area contributed by atoms with Crippen molar-refractivity contribution < 1.29 is 9.53 Å². The SMILES string of the molecule is O=C(CSc1cn(Cc2ccccc2Cl)c2ccccc12)NCC1CCCO1. The molecule has 1 atom stereocenters. The molecule has 2 heterocycles. The minimum Gasteiger partial charge on any atom is -0.376 e. The molecule has 0 aliphatic carbocycles. The topological polar surface area (TPSA) is 43.3 Å². The van der Waals surface area contributed by atoms with Crippen molar-refractivity contribution in [1.29, 1.82) is 0 Å². The van der Waals surface area contributed by atoms with E-state index in [9.17, 15) is 4.79 Å². The fraction of sp³-hybridized carbons (Fsp3) is 0.318. The number of carbonyl (C=O) groups is 1. The lowest BCUT2D eigenvalue weighted by Gasteiger charge is -2.10. The molecule has 28 heavy (non-hydrogen) atoms. The normalized spacial score (nSPS) is 16.5. The van der Waals surface area contributed by atoms with Crippen molar-refractivity contribution in [2.75, 3.05) is 18.9 Å². The number of carbonyl (C=O) groups excluding carboxylic acids is 1. The van der Waals surface area contributed by atoms with Gasteiger partial charge in [-0.3, -0.25) is 4.79 Å². The number of hydrogen-bond donors (Lipinski definition) is 1. The number of nitrogens with zero attached hydrogens (tertiary/aromatic N) is 1. The Balaban J connectivity index is 1.45. The molecule has 146 valence electrons. The first-order valence-electron chi connectivity index (χ1n) is 9.53. The van der Waals surface area contributed by atoms with Gasteiger partial charge >= 0.3 is 0 Å². The van der Waals surface area contributed by atoms with E-state index in [1.807, 2.05) is 36.4 Å². The maximum atomic E-state index is 12.2. The zero-order chi connectivity index (χ0) is 19.3. The van der Waals surface area contributed by atoms with Gasteiger partial charge in [0.15, 0.2) is 0 Å². The molecule has 1 amide bonds. The molecule has 1 unspecified atom stereocenters. The molecule has 0 bridgehead atoms. The maximum absolute atomic E-state index is 12.2. The van der Waals surface area contributed by atoms with Crippen LogP contribution in [0.5, 0.6) is 0 Å². The second-order valence-electron chi connectivity index (χ2n) is 6.96. The first-order chi connectivity index (χ1) is 13.7. The standard InChI is InChI=1S/C22H23ClN2O2S/c23-19-9-3-1-6-16(19)13-25-14-21(18-8-2-4-10-20(18)25)28-15-22(26)24-12-17-7-5-11-27-17/h1-4,6,8-10,14,17H,5,7,11-13,15H2,(H,24,26). The van der Waals surface area contributed by atoms with E-state index in [0.29, 0.717) is 18.8 Å². The summed E-state index contributed by atoms with van der Waals surface area (Å²) in [5.74, 6) is 0.441. The van der Waals surface area contributed by atoms with Gasteiger partial charge in [0.1, 0.15) is 0 Å². The van der Waals surface area contributed by atoms with E-state index in [-0.39, 0.29) is 12.0 Å². The van der Waals surface area contributed by atoms with Gasteiger partial charge in [0, 0.05) is 46.7 Å². The number of rotatable bonds is 7. The van der Waals surface area contributed by atoms with Gasteiger partial charge in [-0.15, -0.1) is 11.8 Å². The van der Waals surface area contributed by atoms with Crippen LogP contribution in [0.2, 0.25) is 5.02 Å². The highest BCUT2D eigenvalue weighted by Gasteiger charge is 2.17. The summed E-state index contributed by atoms with van der Waals surface area (Å²) in [5.41, 5.74) is 2.22. The van der Waals surface area contributed by atoms with Crippen molar-refractivity contribution in [2.24, 2.45) is 0 Å². The molecule has 4 nitrogen and oxygen atoms in total. The summed E-state index contributed by atoms with van der Waals surface area (Å²) in [6.07, 6.45) is 4.40. The Labute approximate surface area is 174 Å².